The lowest BCUT2D eigenvalue weighted by Gasteiger charge is -2.08. The van der Waals surface area contributed by atoms with Gasteiger partial charge in [-0.1, -0.05) is 49.2 Å². The number of carbonyl (C=O) groups excluding carboxylic acids is 2. The van der Waals surface area contributed by atoms with Gasteiger partial charge in [0.15, 0.2) is 0 Å². The molecule has 8 nitrogen and oxygen atoms in total. The Labute approximate surface area is 218 Å². The Morgan fingerprint density at radius 2 is 1.94 bits per heavy atom. The molecule has 2 atom stereocenters. The zero-order valence-electron chi connectivity index (χ0n) is 20.6. The van der Waals surface area contributed by atoms with Gasteiger partial charge in [-0.15, -0.1) is 0 Å². The summed E-state index contributed by atoms with van der Waals surface area (Å²) in [5.41, 5.74) is 10.1. The molecule has 2 unspecified atom stereocenters. The monoisotopic (exact) mass is 522 g/mol. The van der Waals surface area contributed by atoms with Crippen LogP contribution in [0.2, 0.25) is 0 Å². The van der Waals surface area contributed by atoms with Crippen LogP contribution in [0.25, 0.3) is 11.1 Å². The fraction of sp³-hybridized carbons (Fsp3) is 0.400. The molecular weight excluding hydrogens is 484 g/mol. The summed E-state index contributed by atoms with van der Waals surface area (Å²) in [7, 11) is 1.67. The molecule has 10 heteroatoms. The van der Waals surface area contributed by atoms with Crippen LogP contribution in [0.3, 0.4) is 0 Å². The number of benzene rings is 2. The number of carboxylic acids is 1. The second kappa shape index (κ2) is 19.7. The van der Waals surface area contributed by atoms with Crippen LogP contribution in [0, 0.1) is 6.92 Å². The topological polar surface area (TPSA) is 134 Å². The number of thioether (sulfide) groups is 1. The van der Waals surface area contributed by atoms with Gasteiger partial charge in [-0.2, -0.15) is 11.8 Å². The number of hydrogen-bond acceptors (Lipinski definition) is 8. The highest BCUT2D eigenvalue weighted by Gasteiger charge is 2.18. The normalized spacial score (nSPS) is 14.5. The van der Waals surface area contributed by atoms with Crippen molar-refractivity contribution in [1.82, 2.24) is 10.6 Å². The second-order valence-electron chi connectivity index (χ2n) is 7.51. The van der Waals surface area contributed by atoms with E-state index in [1.165, 1.54) is 16.7 Å². The smallest absolute Gasteiger partial charge is 0.320 e. The Bertz CT molecular complexity index is 872. The third kappa shape index (κ3) is 13.2. The zero-order valence-corrected chi connectivity index (χ0v) is 22.3. The summed E-state index contributed by atoms with van der Waals surface area (Å²) in [4.78, 5) is 28.8. The van der Waals surface area contributed by atoms with Gasteiger partial charge in [0.05, 0.1) is 0 Å². The van der Waals surface area contributed by atoms with E-state index in [2.05, 4.69) is 71.5 Å². The number of nitrogens with two attached hydrogens (primary N) is 1. The van der Waals surface area contributed by atoms with Crippen molar-refractivity contribution in [2.24, 2.45) is 5.73 Å². The Balaban J connectivity index is 0.000000505. The van der Waals surface area contributed by atoms with Gasteiger partial charge >= 0.3 is 5.97 Å². The first-order valence-electron chi connectivity index (χ1n) is 11.1. The number of likely N-dealkylation sites (N-methyl/N-ethyl adjacent to an activating group) is 1. The number of nitrogens with one attached hydrogen (secondary N) is 3. The number of amides is 1. The molecule has 0 bridgehead atoms. The minimum atomic E-state index is -0.767. The summed E-state index contributed by atoms with van der Waals surface area (Å²) >= 11 is 5.71. The van der Waals surface area contributed by atoms with E-state index in [0.717, 1.165) is 17.9 Å². The second-order valence-corrected chi connectivity index (χ2v) is 8.72. The Morgan fingerprint density at radius 3 is 2.37 bits per heavy atom. The van der Waals surface area contributed by atoms with E-state index in [0.29, 0.717) is 19.4 Å². The fourth-order valence-corrected chi connectivity index (χ4v) is 3.71. The average molecular weight is 523 g/mol. The minimum absolute atomic E-state index is 0.139. The van der Waals surface area contributed by atoms with Crippen molar-refractivity contribution in [2.75, 3.05) is 30.3 Å². The predicted molar refractivity (Wildman–Crippen MR) is 150 cm³/mol. The van der Waals surface area contributed by atoms with Gasteiger partial charge in [-0.25, -0.2) is 0 Å². The van der Waals surface area contributed by atoms with Crippen molar-refractivity contribution in [3.05, 3.63) is 54.1 Å². The summed E-state index contributed by atoms with van der Waals surface area (Å²) in [6, 6.07) is 16.5. The molecule has 1 amide bonds. The molecule has 35 heavy (non-hydrogen) atoms. The van der Waals surface area contributed by atoms with Crippen LogP contribution in [0.1, 0.15) is 24.8 Å². The van der Waals surface area contributed by atoms with Gasteiger partial charge in [0.25, 0.3) is 0 Å². The minimum Gasteiger partial charge on any atom is -0.480 e. The summed E-state index contributed by atoms with van der Waals surface area (Å²) in [6.07, 6.45) is 4.22. The molecule has 1 heterocycles. The molecular formula is C25H38N4O4S2. The highest BCUT2D eigenvalue weighted by Crippen LogP contribution is 2.26. The standard InChI is InChI=1S/C13H13NS.C6H13NO2S.C5H10N2O.CH2O/c1-10-7-8-12(14-15)9-13(10)11-5-3-2-4-6-11;1-7-5(6(8)9)3-4-10-2;6-3-4-1-2-5(8)7-4;1-2/h2-9,14-15H,1H3;5,7H,3-4H2,1-2H3,(H,8,9);4H,1-3,6H2,(H,7,8);1H2. The molecule has 1 fully saturated rings. The summed E-state index contributed by atoms with van der Waals surface area (Å²) in [6.45, 7) is 4.69. The molecule has 6 N–H and O–H groups in total. The highest BCUT2D eigenvalue weighted by molar-refractivity contribution is 7.98. The SMILES string of the molecule is C=O.CNC(CCSC)C(=O)O.Cc1ccc(NS)cc1-c1ccccc1.NCC1CCC(=O)N1. The molecule has 1 aliphatic rings. The Kier molecular flexibility index (Phi) is 18.3. The molecule has 1 saturated heterocycles. The zero-order chi connectivity index (χ0) is 26.6. The molecule has 0 spiro atoms. The number of aryl methyl sites for hydroxylation is 1. The van der Waals surface area contributed by atoms with Crippen LogP contribution in [0.15, 0.2) is 48.5 Å². The van der Waals surface area contributed by atoms with Crippen molar-refractivity contribution in [3.8, 4) is 11.1 Å². The Morgan fingerprint density at radius 1 is 1.29 bits per heavy atom. The van der Waals surface area contributed by atoms with Gasteiger partial charge in [-0.3, -0.25) is 9.59 Å². The van der Waals surface area contributed by atoms with Crippen LogP contribution < -0.4 is 21.1 Å². The third-order valence-electron chi connectivity index (χ3n) is 5.08. The number of anilines is 1. The van der Waals surface area contributed by atoms with Crippen molar-refractivity contribution in [2.45, 2.75) is 38.3 Å². The van der Waals surface area contributed by atoms with Crippen LogP contribution >= 0.6 is 24.6 Å². The third-order valence-corrected chi connectivity index (χ3v) is 5.98. The van der Waals surface area contributed by atoms with Crippen LogP contribution in [0.5, 0.6) is 0 Å². The molecule has 0 saturated carbocycles. The molecule has 3 rings (SSSR count). The van der Waals surface area contributed by atoms with Crippen LogP contribution in [-0.4, -0.2) is 61.5 Å². The summed E-state index contributed by atoms with van der Waals surface area (Å²) in [5.74, 6) is 0.259. The van der Waals surface area contributed by atoms with E-state index in [9.17, 15) is 9.59 Å². The Hall–Kier alpha value is -2.53. The van der Waals surface area contributed by atoms with Gasteiger partial charge in [0.2, 0.25) is 5.91 Å². The number of carbonyl (C=O) groups is 3. The quantitative estimate of drug-likeness (QED) is 0.291. The maximum absolute atomic E-state index is 10.4. The van der Waals surface area contributed by atoms with Crippen molar-refractivity contribution in [1.29, 1.82) is 0 Å². The highest BCUT2D eigenvalue weighted by atomic mass is 32.2. The lowest BCUT2D eigenvalue weighted by molar-refractivity contribution is -0.139. The van der Waals surface area contributed by atoms with Crippen molar-refractivity contribution < 1.29 is 19.5 Å². The van der Waals surface area contributed by atoms with Crippen LogP contribution in [-0.2, 0) is 14.4 Å². The molecule has 194 valence electrons. The first kappa shape index (κ1) is 32.5. The molecule has 0 aromatic heterocycles. The van der Waals surface area contributed by atoms with E-state index in [1.807, 2.05) is 25.2 Å². The van der Waals surface area contributed by atoms with Crippen LogP contribution in [0.4, 0.5) is 5.69 Å². The molecule has 1 aliphatic heterocycles. The van der Waals surface area contributed by atoms with E-state index < -0.39 is 5.97 Å². The van der Waals surface area contributed by atoms with E-state index >= 15 is 0 Å². The first-order valence-corrected chi connectivity index (χ1v) is 12.9. The lowest BCUT2D eigenvalue weighted by Crippen LogP contribution is -2.34. The van der Waals surface area contributed by atoms with E-state index in [4.69, 9.17) is 15.6 Å². The number of aliphatic carboxylic acids is 1. The number of rotatable bonds is 8. The maximum atomic E-state index is 10.4. The van der Waals surface area contributed by atoms with Gasteiger partial charge < -0.3 is 31.0 Å². The largest absolute Gasteiger partial charge is 0.480 e. The molecule has 2 aromatic rings. The molecule has 2 aromatic carbocycles. The number of thiol groups is 1. The number of carboxylic acid groups (broad SMARTS) is 1. The van der Waals surface area contributed by atoms with E-state index in [-0.39, 0.29) is 18.0 Å². The first-order chi connectivity index (χ1) is 16.9. The van der Waals surface area contributed by atoms with E-state index in [1.54, 1.807) is 18.8 Å². The summed E-state index contributed by atoms with van der Waals surface area (Å²) in [5, 5.41) is 14.0. The van der Waals surface area contributed by atoms with Gasteiger partial charge in [-0.05, 0) is 67.6 Å². The average Bonchev–Trinajstić information content (AvgIpc) is 3.32. The van der Waals surface area contributed by atoms with Crippen molar-refractivity contribution >= 4 is 48.9 Å². The molecule has 0 aliphatic carbocycles. The maximum Gasteiger partial charge on any atom is 0.320 e. The number of hydrogen-bond donors (Lipinski definition) is 6. The van der Waals surface area contributed by atoms with Gasteiger partial charge in [0.1, 0.15) is 12.8 Å². The fourth-order valence-electron chi connectivity index (χ4n) is 3.10. The summed E-state index contributed by atoms with van der Waals surface area (Å²) < 4.78 is 2.86. The molecule has 0 radical (unpaired) electrons. The predicted octanol–water partition coefficient (Wildman–Crippen LogP) is 3.37. The van der Waals surface area contributed by atoms with Crippen molar-refractivity contribution in [3.63, 3.8) is 0 Å². The van der Waals surface area contributed by atoms with Gasteiger partial charge in [0, 0.05) is 24.7 Å². The lowest BCUT2D eigenvalue weighted by atomic mass is 10.0.